The molecule has 0 atom stereocenters. The molecule has 2 amide bonds. The third-order valence-corrected chi connectivity index (χ3v) is 5.15. The van der Waals surface area contributed by atoms with Crippen molar-refractivity contribution >= 4 is 17.9 Å². The lowest BCUT2D eigenvalue weighted by Gasteiger charge is -2.34. The molecule has 0 N–H and O–H groups in total. The molecule has 7 heteroatoms. The Hall–Kier alpha value is -3.35. The number of carbonyl (C=O) groups excluding carboxylic acids is 2. The van der Waals surface area contributed by atoms with Crippen molar-refractivity contribution in [1.82, 2.24) is 9.80 Å². The van der Waals surface area contributed by atoms with E-state index in [1.165, 1.54) is 12.1 Å². The molecule has 2 aromatic carbocycles. The minimum absolute atomic E-state index is 0.0269. The molecule has 0 bridgehead atoms. The van der Waals surface area contributed by atoms with E-state index in [1.54, 1.807) is 35.1 Å². The number of ether oxygens (including phenoxy) is 2. The lowest BCUT2D eigenvalue weighted by molar-refractivity contribution is -0.140. The Kier molecular flexibility index (Phi) is 7.65. The number of hydrogen-bond acceptors (Lipinski definition) is 4. The second kappa shape index (κ2) is 10.6. The Morgan fingerprint density at radius 1 is 0.968 bits per heavy atom. The fraction of sp³-hybridized carbons (Fsp3) is 0.333. The summed E-state index contributed by atoms with van der Waals surface area (Å²) >= 11 is 0. The van der Waals surface area contributed by atoms with Gasteiger partial charge < -0.3 is 19.3 Å². The minimum Gasteiger partial charge on any atom is -0.493 e. The predicted octanol–water partition coefficient (Wildman–Crippen LogP) is 3.16. The van der Waals surface area contributed by atoms with Crippen LogP contribution in [0.2, 0.25) is 0 Å². The Labute approximate surface area is 181 Å². The van der Waals surface area contributed by atoms with E-state index in [9.17, 15) is 14.0 Å². The molecular weight excluding hydrogens is 399 g/mol. The van der Waals surface area contributed by atoms with Crippen LogP contribution in [-0.4, -0.2) is 61.5 Å². The molecule has 1 aliphatic heterocycles. The molecule has 1 saturated heterocycles. The third-order valence-electron chi connectivity index (χ3n) is 5.15. The van der Waals surface area contributed by atoms with Crippen molar-refractivity contribution < 1.29 is 23.5 Å². The van der Waals surface area contributed by atoms with Crippen LogP contribution in [0.25, 0.3) is 6.08 Å². The van der Waals surface area contributed by atoms with Crippen LogP contribution in [0.1, 0.15) is 18.1 Å². The Bertz CT molecular complexity index is 935. The monoisotopic (exact) mass is 426 g/mol. The predicted molar refractivity (Wildman–Crippen MR) is 116 cm³/mol. The van der Waals surface area contributed by atoms with Crippen molar-refractivity contribution in [2.45, 2.75) is 13.3 Å². The lowest BCUT2D eigenvalue weighted by atomic mass is 10.1. The van der Waals surface area contributed by atoms with E-state index in [-0.39, 0.29) is 30.7 Å². The van der Waals surface area contributed by atoms with Gasteiger partial charge in [-0.1, -0.05) is 30.4 Å². The minimum atomic E-state index is -0.322. The van der Waals surface area contributed by atoms with E-state index in [0.29, 0.717) is 37.7 Å². The van der Waals surface area contributed by atoms with Crippen molar-refractivity contribution in [3.63, 3.8) is 0 Å². The fourth-order valence-corrected chi connectivity index (χ4v) is 3.42. The number of allylic oxidation sites excluding steroid dienone is 1. The van der Waals surface area contributed by atoms with Gasteiger partial charge in [-0.25, -0.2) is 4.39 Å². The van der Waals surface area contributed by atoms with Crippen molar-refractivity contribution in [3.05, 3.63) is 65.5 Å². The van der Waals surface area contributed by atoms with Gasteiger partial charge in [0.1, 0.15) is 5.82 Å². The van der Waals surface area contributed by atoms with E-state index in [2.05, 4.69) is 0 Å². The van der Waals surface area contributed by atoms with Crippen molar-refractivity contribution in [3.8, 4) is 11.5 Å². The molecule has 0 aliphatic carbocycles. The summed E-state index contributed by atoms with van der Waals surface area (Å²) in [7, 11) is 1.56. The zero-order valence-electron chi connectivity index (χ0n) is 17.8. The maximum absolute atomic E-state index is 13.0. The molecule has 3 rings (SSSR count). The maximum atomic E-state index is 13.0. The average molecular weight is 426 g/mol. The van der Waals surface area contributed by atoms with E-state index >= 15 is 0 Å². The van der Waals surface area contributed by atoms with Gasteiger partial charge in [0.15, 0.2) is 18.1 Å². The van der Waals surface area contributed by atoms with Crippen LogP contribution < -0.4 is 9.47 Å². The molecule has 1 fully saturated rings. The van der Waals surface area contributed by atoms with Gasteiger partial charge in [-0.15, -0.1) is 0 Å². The van der Waals surface area contributed by atoms with Crippen molar-refractivity contribution in [2.24, 2.45) is 0 Å². The molecule has 0 saturated carbocycles. The highest BCUT2D eigenvalue weighted by Crippen LogP contribution is 2.28. The first-order valence-corrected chi connectivity index (χ1v) is 10.2. The highest BCUT2D eigenvalue weighted by Gasteiger charge is 2.24. The summed E-state index contributed by atoms with van der Waals surface area (Å²) in [4.78, 5) is 28.4. The molecule has 0 unspecified atom stereocenters. The number of methoxy groups -OCH3 is 1. The fourth-order valence-electron chi connectivity index (χ4n) is 3.42. The topological polar surface area (TPSA) is 59.1 Å². The van der Waals surface area contributed by atoms with Gasteiger partial charge in [0.05, 0.1) is 13.5 Å². The van der Waals surface area contributed by atoms with Crippen LogP contribution in [0.5, 0.6) is 11.5 Å². The molecule has 1 aliphatic rings. The van der Waals surface area contributed by atoms with Gasteiger partial charge in [-0.05, 0) is 42.3 Å². The molecule has 0 aromatic heterocycles. The molecule has 2 aromatic rings. The summed E-state index contributed by atoms with van der Waals surface area (Å²) < 4.78 is 24.1. The second-order valence-electron chi connectivity index (χ2n) is 7.26. The highest BCUT2D eigenvalue weighted by molar-refractivity contribution is 5.80. The van der Waals surface area contributed by atoms with Crippen molar-refractivity contribution in [2.75, 3.05) is 39.9 Å². The van der Waals surface area contributed by atoms with Crippen LogP contribution in [-0.2, 0) is 16.0 Å². The smallest absolute Gasteiger partial charge is 0.260 e. The average Bonchev–Trinajstić information content (AvgIpc) is 2.79. The summed E-state index contributed by atoms with van der Waals surface area (Å²) in [5.74, 6) is 0.597. The molecule has 0 spiro atoms. The zero-order valence-corrected chi connectivity index (χ0v) is 17.8. The third kappa shape index (κ3) is 6.07. The number of piperazine rings is 1. The van der Waals surface area contributed by atoms with Crippen LogP contribution in [0.4, 0.5) is 4.39 Å². The maximum Gasteiger partial charge on any atom is 0.260 e. The molecule has 0 radical (unpaired) electrons. The second-order valence-corrected chi connectivity index (χ2v) is 7.26. The lowest BCUT2D eigenvalue weighted by Crippen LogP contribution is -2.52. The Morgan fingerprint density at radius 3 is 2.23 bits per heavy atom. The van der Waals surface area contributed by atoms with Crippen LogP contribution >= 0.6 is 0 Å². The number of benzene rings is 2. The van der Waals surface area contributed by atoms with E-state index in [0.717, 1.165) is 11.1 Å². The Morgan fingerprint density at radius 2 is 1.61 bits per heavy atom. The quantitative estimate of drug-likeness (QED) is 0.683. The normalized spacial score (nSPS) is 14.0. The van der Waals surface area contributed by atoms with Crippen LogP contribution in [0.15, 0.2) is 48.5 Å². The summed E-state index contributed by atoms with van der Waals surface area (Å²) in [5, 5.41) is 0. The Balaban J connectivity index is 1.48. The van der Waals surface area contributed by atoms with Gasteiger partial charge in [-0.3, -0.25) is 9.59 Å². The number of carbonyl (C=O) groups is 2. The molecular formula is C24H27FN2O4. The van der Waals surface area contributed by atoms with Crippen LogP contribution in [0.3, 0.4) is 0 Å². The number of halogens is 1. The molecule has 164 valence electrons. The SMILES string of the molecule is C/C=C/c1ccc(OCC(=O)N2CCN(C(=O)Cc3ccc(F)cc3)CC2)c(OC)c1. The van der Waals surface area contributed by atoms with Crippen LogP contribution in [0, 0.1) is 5.82 Å². The van der Waals surface area contributed by atoms with Gasteiger partial charge in [0, 0.05) is 26.2 Å². The number of hydrogen-bond donors (Lipinski definition) is 0. The first kappa shape index (κ1) is 22.3. The molecule has 31 heavy (non-hydrogen) atoms. The zero-order chi connectivity index (χ0) is 22.2. The molecule has 6 nitrogen and oxygen atoms in total. The van der Waals surface area contributed by atoms with E-state index in [1.807, 2.05) is 31.2 Å². The first-order chi connectivity index (χ1) is 15.0. The van der Waals surface area contributed by atoms with Gasteiger partial charge in [-0.2, -0.15) is 0 Å². The summed E-state index contributed by atoms with van der Waals surface area (Å²) in [6.07, 6.45) is 4.11. The highest BCUT2D eigenvalue weighted by atomic mass is 19.1. The van der Waals surface area contributed by atoms with Crippen molar-refractivity contribution in [1.29, 1.82) is 0 Å². The molecule has 1 heterocycles. The summed E-state index contributed by atoms with van der Waals surface area (Å²) in [5.41, 5.74) is 1.76. The first-order valence-electron chi connectivity index (χ1n) is 10.2. The number of nitrogens with zero attached hydrogens (tertiary/aromatic N) is 2. The van der Waals surface area contributed by atoms with Gasteiger partial charge in [0.2, 0.25) is 5.91 Å². The standard InChI is InChI=1S/C24H27FN2O4/c1-3-4-18-7-10-21(22(15-18)30-2)31-17-24(29)27-13-11-26(12-14-27)23(28)16-19-5-8-20(25)9-6-19/h3-10,15H,11-14,16-17H2,1-2H3/b4-3+. The number of amides is 2. The summed E-state index contributed by atoms with van der Waals surface area (Å²) in [6, 6.07) is 11.5. The largest absolute Gasteiger partial charge is 0.493 e. The summed E-state index contributed by atoms with van der Waals surface area (Å²) in [6.45, 7) is 3.68. The van der Waals surface area contributed by atoms with Gasteiger partial charge in [0.25, 0.3) is 5.91 Å². The van der Waals surface area contributed by atoms with Gasteiger partial charge >= 0.3 is 0 Å². The number of rotatable bonds is 7. The van der Waals surface area contributed by atoms with E-state index in [4.69, 9.17) is 9.47 Å². The van der Waals surface area contributed by atoms with E-state index < -0.39 is 0 Å².